The number of hydrogen-bond acceptors (Lipinski definition) is 4. The lowest BCUT2D eigenvalue weighted by atomic mass is 10.2. The van der Waals surface area contributed by atoms with Gasteiger partial charge in [-0.15, -0.1) is 10.2 Å². The van der Waals surface area contributed by atoms with Crippen LogP contribution in [-0.2, 0) is 0 Å². The zero-order valence-corrected chi connectivity index (χ0v) is 5.46. The predicted octanol–water partition coefficient (Wildman–Crippen LogP) is -0.0415. The standard InChI is InChI=1S/C5H6N4O/c1-3(2)4(10)5-6-8-9-7-5/h1H2,2H3,(H,6,7,8,9). The third kappa shape index (κ3) is 1.07. The van der Waals surface area contributed by atoms with E-state index >= 15 is 0 Å². The van der Waals surface area contributed by atoms with Gasteiger partial charge in [-0.05, 0) is 17.7 Å². The van der Waals surface area contributed by atoms with Crippen molar-refractivity contribution < 1.29 is 4.79 Å². The van der Waals surface area contributed by atoms with Gasteiger partial charge in [-0.2, -0.15) is 5.21 Å². The number of allylic oxidation sites excluding steroid dienone is 1. The summed E-state index contributed by atoms with van der Waals surface area (Å²) >= 11 is 0. The molecule has 0 atom stereocenters. The van der Waals surface area contributed by atoms with Gasteiger partial charge in [-0.25, -0.2) is 0 Å². The molecule has 0 fully saturated rings. The summed E-state index contributed by atoms with van der Waals surface area (Å²) < 4.78 is 0. The van der Waals surface area contributed by atoms with Crippen molar-refractivity contribution in [2.45, 2.75) is 6.92 Å². The van der Waals surface area contributed by atoms with E-state index in [9.17, 15) is 4.79 Å². The fourth-order valence-electron chi connectivity index (χ4n) is 0.449. The van der Waals surface area contributed by atoms with E-state index in [1.807, 2.05) is 0 Å². The molecule has 1 rings (SSSR count). The molecule has 1 heterocycles. The molecule has 5 heteroatoms. The molecule has 0 aliphatic rings. The largest absolute Gasteiger partial charge is 0.285 e. The lowest BCUT2D eigenvalue weighted by Gasteiger charge is -1.87. The molecule has 0 bridgehead atoms. The van der Waals surface area contributed by atoms with Gasteiger partial charge in [0.1, 0.15) is 0 Å². The zero-order chi connectivity index (χ0) is 7.56. The molecule has 0 unspecified atom stereocenters. The highest BCUT2D eigenvalue weighted by Gasteiger charge is 2.09. The number of tetrazole rings is 1. The Labute approximate surface area is 57.1 Å². The van der Waals surface area contributed by atoms with E-state index in [4.69, 9.17) is 0 Å². The number of hydrogen-bond donors (Lipinski definition) is 1. The van der Waals surface area contributed by atoms with Crippen LogP contribution in [0.3, 0.4) is 0 Å². The highest BCUT2D eigenvalue weighted by molar-refractivity contribution is 6.04. The second kappa shape index (κ2) is 2.38. The van der Waals surface area contributed by atoms with E-state index in [0.29, 0.717) is 5.57 Å². The van der Waals surface area contributed by atoms with Crippen molar-refractivity contribution in [2.24, 2.45) is 0 Å². The van der Waals surface area contributed by atoms with Crippen molar-refractivity contribution in [1.82, 2.24) is 20.6 Å². The van der Waals surface area contributed by atoms with Crippen molar-refractivity contribution in [2.75, 3.05) is 0 Å². The van der Waals surface area contributed by atoms with Crippen LogP contribution in [0.1, 0.15) is 17.5 Å². The molecular formula is C5H6N4O. The molecule has 0 radical (unpaired) electrons. The van der Waals surface area contributed by atoms with Crippen LogP contribution in [0.2, 0.25) is 0 Å². The Morgan fingerprint density at radius 3 is 2.80 bits per heavy atom. The van der Waals surface area contributed by atoms with E-state index < -0.39 is 0 Å². The number of rotatable bonds is 2. The van der Waals surface area contributed by atoms with Crippen molar-refractivity contribution in [3.05, 3.63) is 18.0 Å². The van der Waals surface area contributed by atoms with E-state index in [-0.39, 0.29) is 11.6 Å². The number of aromatic amines is 1. The van der Waals surface area contributed by atoms with Crippen molar-refractivity contribution in [3.8, 4) is 0 Å². The highest BCUT2D eigenvalue weighted by Crippen LogP contribution is 1.96. The van der Waals surface area contributed by atoms with Gasteiger partial charge in [0.05, 0.1) is 0 Å². The van der Waals surface area contributed by atoms with E-state index in [1.165, 1.54) is 0 Å². The smallest absolute Gasteiger partial charge is 0.244 e. The number of Topliss-reactive ketones (excluding diaryl/α,β-unsaturated/α-hetero) is 1. The van der Waals surface area contributed by atoms with E-state index in [0.717, 1.165) is 0 Å². The van der Waals surface area contributed by atoms with Crippen LogP contribution in [0.4, 0.5) is 0 Å². The summed E-state index contributed by atoms with van der Waals surface area (Å²) in [5.74, 6) is -0.221. The molecule has 10 heavy (non-hydrogen) atoms. The fraction of sp³-hybridized carbons (Fsp3) is 0.200. The molecule has 0 amide bonds. The summed E-state index contributed by atoms with van der Waals surface area (Å²) in [6.45, 7) is 5.04. The molecule has 0 saturated heterocycles. The Morgan fingerprint density at radius 2 is 2.40 bits per heavy atom. The molecular weight excluding hydrogens is 132 g/mol. The molecule has 1 aromatic heterocycles. The monoisotopic (exact) mass is 138 g/mol. The van der Waals surface area contributed by atoms with Crippen LogP contribution in [0.15, 0.2) is 12.2 Å². The lowest BCUT2D eigenvalue weighted by molar-refractivity contribution is 0.102. The van der Waals surface area contributed by atoms with E-state index in [1.54, 1.807) is 6.92 Å². The van der Waals surface area contributed by atoms with Crippen molar-refractivity contribution in [3.63, 3.8) is 0 Å². The Morgan fingerprint density at radius 1 is 1.70 bits per heavy atom. The molecule has 0 aromatic carbocycles. The molecule has 0 saturated carbocycles. The quantitative estimate of drug-likeness (QED) is 0.459. The summed E-state index contributed by atoms with van der Waals surface area (Å²) in [4.78, 5) is 10.9. The first-order valence-electron chi connectivity index (χ1n) is 2.65. The van der Waals surface area contributed by atoms with Crippen LogP contribution < -0.4 is 0 Å². The van der Waals surface area contributed by atoms with Gasteiger partial charge < -0.3 is 0 Å². The summed E-state index contributed by atoms with van der Waals surface area (Å²) in [5, 5.41) is 12.4. The zero-order valence-electron chi connectivity index (χ0n) is 5.46. The first kappa shape index (κ1) is 6.60. The third-order valence-electron chi connectivity index (χ3n) is 0.936. The number of H-pyrrole nitrogens is 1. The second-order valence-corrected chi connectivity index (χ2v) is 1.84. The Kier molecular flexibility index (Phi) is 1.57. The average molecular weight is 138 g/mol. The normalized spacial score (nSPS) is 9.30. The van der Waals surface area contributed by atoms with Crippen molar-refractivity contribution >= 4 is 5.78 Å². The first-order chi connectivity index (χ1) is 4.72. The van der Waals surface area contributed by atoms with Gasteiger partial charge >= 0.3 is 0 Å². The molecule has 1 aromatic rings. The van der Waals surface area contributed by atoms with Crippen LogP contribution in [-0.4, -0.2) is 26.4 Å². The van der Waals surface area contributed by atoms with Gasteiger partial charge in [0.25, 0.3) is 0 Å². The summed E-state index contributed by atoms with van der Waals surface area (Å²) in [6, 6.07) is 0. The van der Waals surface area contributed by atoms with E-state index in [2.05, 4.69) is 27.2 Å². The number of aromatic nitrogens is 4. The third-order valence-corrected chi connectivity index (χ3v) is 0.936. The summed E-state index contributed by atoms with van der Waals surface area (Å²) in [5.41, 5.74) is 0.404. The second-order valence-electron chi connectivity index (χ2n) is 1.84. The SMILES string of the molecule is C=C(C)C(=O)c1nn[nH]n1. The maximum Gasteiger partial charge on any atom is 0.244 e. The van der Waals surface area contributed by atoms with Gasteiger partial charge in [0.2, 0.25) is 11.6 Å². The molecule has 0 spiro atoms. The van der Waals surface area contributed by atoms with Crippen LogP contribution in [0, 0.1) is 0 Å². The predicted molar refractivity (Wildman–Crippen MR) is 33.3 cm³/mol. The topological polar surface area (TPSA) is 71.5 Å². The Balaban J connectivity index is 2.88. The molecule has 5 nitrogen and oxygen atoms in total. The Bertz CT molecular complexity index is 251. The number of ketones is 1. The Hall–Kier alpha value is -1.52. The van der Waals surface area contributed by atoms with Crippen molar-refractivity contribution in [1.29, 1.82) is 0 Å². The number of carbonyl (C=O) groups excluding carboxylic acids is 1. The molecule has 0 aliphatic carbocycles. The van der Waals surface area contributed by atoms with Crippen LogP contribution in [0.5, 0.6) is 0 Å². The fourth-order valence-corrected chi connectivity index (χ4v) is 0.449. The van der Waals surface area contributed by atoms with Crippen LogP contribution >= 0.6 is 0 Å². The van der Waals surface area contributed by atoms with Crippen LogP contribution in [0.25, 0.3) is 0 Å². The summed E-state index contributed by atoms with van der Waals surface area (Å²) in [7, 11) is 0. The molecule has 0 aliphatic heterocycles. The van der Waals surface area contributed by atoms with Gasteiger partial charge in [-0.1, -0.05) is 6.58 Å². The molecule has 52 valence electrons. The minimum absolute atomic E-state index is 0.0625. The highest BCUT2D eigenvalue weighted by atomic mass is 16.1. The van der Waals surface area contributed by atoms with Gasteiger partial charge in [0.15, 0.2) is 0 Å². The number of nitrogens with zero attached hydrogens (tertiary/aromatic N) is 3. The lowest BCUT2D eigenvalue weighted by Crippen LogP contribution is -2.01. The number of carbonyl (C=O) groups is 1. The summed E-state index contributed by atoms with van der Waals surface area (Å²) in [6.07, 6.45) is 0. The van der Waals surface area contributed by atoms with Gasteiger partial charge in [-0.3, -0.25) is 4.79 Å². The number of nitrogens with one attached hydrogen (secondary N) is 1. The minimum Gasteiger partial charge on any atom is -0.285 e. The molecule has 1 N–H and O–H groups in total. The van der Waals surface area contributed by atoms with Gasteiger partial charge in [0, 0.05) is 0 Å². The maximum atomic E-state index is 10.9. The first-order valence-corrected chi connectivity index (χ1v) is 2.65. The minimum atomic E-state index is -0.284. The average Bonchev–Trinajstić information content (AvgIpc) is 2.36. The maximum absolute atomic E-state index is 10.9.